The summed E-state index contributed by atoms with van der Waals surface area (Å²) < 4.78 is 23.2. The summed E-state index contributed by atoms with van der Waals surface area (Å²) in [7, 11) is 5.15. The fourth-order valence-electron chi connectivity index (χ4n) is 5.86. The van der Waals surface area contributed by atoms with E-state index >= 15 is 0 Å². The number of pyridine rings is 1. The van der Waals surface area contributed by atoms with Crippen LogP contribution < -0.4 is 19.5 Å². The molecule has 0 aliphatic carbocycles. The predicted octanol–water partition coefficient (Wildman–Crippen LogP) is 6.50. The molecule has 1 aromatic heterocycles. The van der Waals surface area contributed by atoms with Gasteiger partial charge in [0.15, 0.2) is 23.9 Å². The number of aromatic nitrogens is 1. The number of hydrogen-bond acceptors (Lipinski definition) is 9. The third kappa shape index (κ3) is 9.66. The van der Waals surface area contributed by atoms with E-state index in [9.17, 15) is 14.8 Å². The molecule has 12 heteroatoms. The van der Waals surface area contributed by atoms with Gasteiger partial charge in [-0.3, -0.25) is 5.32 Å². The van der Waals surface area contributed by atoms with Crippen molar-refractivity contribution in [1.82, 2.24) is 10.2 Å². The van der Waals surface area contributed by atoms with Crippen molar-refractivity contribution in [3.05, 3.63) is 128 Å². The highest BCUT2D eigenvalue weighted by molar-refractivity contribution is 6.35. The van der Waals surface area contributed by atoms with Gasteiger partial charge in [-0.2, -0.15) is 4.73 Å². The lowest BCUT2D eigenvalue weighted by Gasteiger charge is -2.29. The summed E-state index contributed by atoms with van der Waals surface area (Å²) in [6.07, 6.45) is 3.66. The number of benzene rings is 3. The van der Waals surface area contributed by atoms with Crippen molar-refractivity contribution in [2.75, 3.05) is 41.0 Å². The van der Waals surface area contributed by atoms with Crippen LogP contribution >= 0.6 is 23.2 Å². The van der Waals surface area contributed by atoms with Crippen molar-refractivity contribution >= 4 is 35.1 Å². The Labute approximate surface area is 302 Å². The molecule has 1 N–H and O–H groups in total. The number of piperidine rings is 1. The normalized spacial score (nSPS) is 14.8. The number of nitrogens with one attached hydrogen (secondary N) is 1. The Morgan fingerprint density at radius 3 is 2.22 bits per heavy atom. The van der Waals surface area contributed by atoms with E-state index in [0.29, 0.717) is 52.0 Å². The molecule has 4 aromatic rings. The van der Waals surface area contributed by atoms with E-state index in [0.717, 1.165) is 37.1 Å². The largest absolute Gasteiger partial charge is 0.619 e. The van der Waals surface area contributed by atoms with E-state index in [1.165, 1.54) is 26.6 Å². The number of likely N-dealkylation sites (tertiary alicyclic amines) is 1. The van der Waals surface area contributed by atoms with E-state index < -0.39 is 18.1 Å². The molecule has 5 rings (SSSR count). The molecule has 10 nitrogen and oxygen atoms in total. The topological polar surface area (TPSA) is 113 Å². The Kier molecular flexibility index (Phi) is 12.9. The van der Waals surface area contributed by atoms with Crippen molar-refractivity contribution in [3.63, 3.8) is 0 Å². The molecule has 0 bridgehead atoms. The Morgan fingerprint density at radius 1 is 0.920 bits per heavy atom. The molecule has 1 unspecified atom stereocenters. The summed E-state index contributed by atoms with van der Waals surface area (Å²) in [4.78, 5) is 29.1. The van der Waals surface area contributed by atoms with Crippen LogP contribution in [-0.2, 0) is 27.2 Å². The molecule has 2 atom stereocenters. The molecule has 50 heavy (non-hydrogen) atoms. The average Bonchev–Trinajstić information content (AvgIpc) is 3.12. The number of hydrogen-bond donors (Lipinski definition) is 1. The van der Waals surface area contributed by atoms with Gasteiger partial charge in [0.25, 0.3) is 0 Å². The number of esters is 2. The second-order valence-corrected chi connectivity index (χ2v) is 13.1. The smallest absolute Gasteiger partial charge is 0.338 e. The highest BCUT2D eigenvalue weighted by atomic mass is 35.5. The molecular weight excluding hydrogens is 681 g/mol. The predicted molar refractivity (Wildman–Crippen MR) is 190 cm³/mol. The van der Waals surface area contributed by atoms with Crippen LogP contribution in [0.25, 0.3) is 0 Å². The summed E-state index contributed by atoms with van der Waals surface area (Å²) in [5.74, 6) is 0.418. The van der Waals surface area contributed by atoms with Crippen molar-refractivity contribution in [2.45, 2.75) is 38.0 Å². The number of halogens is 2. The first kappa shape index (κ1) is 36.9. The monoisotopic (exact) mass is 721 g/mol. The summed E-state index contributed by atoms with van der Waals surface area (Å²) in [6, 6.07) is 21.0. The molecule has 1 saturated heterocycles. The van der Waals surface area contributed by atoms with Crippen LogP contribution in [0.4, 0.5) is 0 Å². The van der Waals surface area contributed by atoms with Gasteiger partial charge in [0.1, 0.15) is 22.2 Å². The first-order valence-corrected chi connectivity index (χ1v) is 17.1. The molecule has 3 aromatic carbocycles. The summed E-state index contributed by atoms with van der Waals surface area (Å²) in [5, 5.41) is 15.5. The number of nitrogens with zero attached hydrogens (tertiary/aromatic N) is 2. The highest BCUT2D eigenvalue weighted by Crippen LogP contribution is 2.35. The Bertz CT molecular complexity index is 1730. The maximum atomic E-state index is 13.5. The number of rotatable bonds is 14. The SMILES string of the molecule is COc1ccc([C@H](Cc2c(Cl)c[n+]([O-])cc2Cl)OC(=O)c2ccc(CNC(C(=O)OCC3CCN(C)CC3)c3ccccc3)cc2)cc1OC. The van der Waals surface area contributed by atoms with E-state index in [1.54, 1.807) is 42.5 Å². The number of carbonyl (C=O) groups excluding carboxylic acids is 2. The van der Waals surface area contributed by atoms with Gasteiger partial charge in [-0.05, 0) is 79.9 Å². The van der Waals surface area contributed by atoms with Gasteiger partial charge in [0.05, 0.1) is 26.4 Å². The van der Waals surface area contributed by atoms with E-state index in [-0.39, 0.29) is 22.4 Å². The molecule has 0 radical (unpaired) electrons. The molecular formula is C38H41Cl2N3O7. The van der Waals surface area contributed by atoms with Gasteiger partial charge in [-0.1, -0.05) is 71.7 Å². The van der Waals surface area contributed by atoms with Crippen molar-refractivity contribution in [1.29, 1.82) is 0 Å². The maximum Gasteiger partial charge on any atom is 0.338 e. The molecule has 1 fully saturated rings. The molecule has 1 aliphatic heterocycles. The van der Waals surface area contributed by atoms with Gasteiger partial charge in [-0.15, -0.1) is 0 Å². The van der Waals surface area contributed by atoms with Gasteiger partial charge < -0.3 is 29.1 Å². The van der Waals surface area contributed by atoms with Crippen LogP contribution in [0.2, 0.25) is 10.0 Å². The molecule has 1 aliphatic rings. The fourth-order valence-corrected chi connectivity index (χ4v) is 6.46. The minimum absolute atomic E-state index is 0.0938. The lowest BCUT2D eigenvalue weighted by Crippen LogP contribution is -2.34. The van der Waals surface area contributed by atoms with Crippen LogP contribution in [0.5, 0.6) is 11.5 Å². The molecule has 2 heterocycles. The Morgan fingerprint density at radius 2 is 1.58 bits per heavy atom. The third-order valence-corrected chi connectivity index (χ3v) is 9.50. The van der Waals surface area contributed by atoms with Crippen LogP contribution in [-0.4, -0.2) is 57.8 Å². The van der Waals surface area contributed by atoms with Crippen LogP contribution in [0, 0.1) is 11.1 Å². The maximum absolute atomic E-state index is 13.5. The standard InChI is InChI=1S/C38H41Cl2N3O7/c1-42-17-15-26(16-18-42)24-49-38(45)36(27-7-5-4-6-8-27)41-21-25-9-11-28(12-10-25)37(44)50-34(20-30-31(39)22-43(46)23-32(30)40)29-13-14-33(47-2)35(19-29)48-3/h4-14,19,22-23,26,34,36,41H,15-18,20-21,24H2,1-3H3/t34-,36?/m0/s1. The van der Waals surface area contributed by atoms with Crippen molar-refractivity contribution < 1.29 is 33.3 Å². The van der Waals surface area contributed by atoms with Crippen LogP contribution in [0.1, 0.15) is 57.6 Å². The fraction of sp³-hybridized carbons (Fsp3) is 0.342. The van der Waals surface area contributed by atoms with Gasteiger partial charge in [0.2, 0.25) is 0 Å². The zero-order valence-corrected chi connectivity index (χ0v) is 29.8. The molecule has 264 valence electrons. The van der Waals surface area contributed by atoms with E-state index in [2.05, 4.69) is 17.3 Å². The number of methoxy groups -OCH3 is 2. The molecule has 0 saturated carbocycles. The number of ether oxygens (including phenoxy) is 4. The second-order valence-electron chi connectivity index (χ2n) is 12.3. The van der Waals surface area contributed by atoms with E-state index in [4.69, 9.17) is 42.1 Å². The lowest BCUT2D eigenvalue weighted by atomic mass is 9.98. The third-order valence-electron chi connectivity index (χ3n) is 8.84. The minimum Gasteiger partial charge on any atom is -0.619 e. The van der Waals surface area contributed by atoms with Gasteiger partial charge in [-0.25, -0.2) is 9.59 Å². The summed E-state index contributed by atoms with van der Waals surface area (Å²) in [5.41, 5.74) is 3.05. The quantitative estimate of drug-likeness (QED) is 0.0886. The van der Waals surface area contributed by atoms with Crippen molar-refractivity contribution in [3.8, 4) is 11.5 Å². The Balaban J connectivity index is 1.28. The average molecular weight is 723 g/mol. The summed E-state index contributed by atoms with van der Waals surface area (Å²) >= 11 is 12.8. The molecule has 0 spiro atoms. The highest BCUT2D eigenvalue weighted by Gasteiger charge is 2.26. The van der Waals surface area contributed by atoms with Crippen molar-refractivity contribution in [2.24, 2.45) is 5.92 Å². The molecule has 0 amide bonds. The first-order valence-electron chi connectivity index (χ1n) is 16.4. The van der Waals surface area contributed by atoms with Crippen LogP contribution in [0.3, 0.4) is 0 Å². The zero-order valence-electron chi connectivity index (χ0n) is 28.3. The van der Waals surface area contributed by atoms with Gasteiger partial charge >= 0.3 is 11.9 Å². The minimum atomic E-state index is -0.840. The second kappa shape index (κ2) is 17.5. The number of carbonyl (C=O) groups is 2. The Hall–Kier alpha value is -4.35. The zero-order chi connectivity index (χ0) is 35.6. The first-order chi connectivity index (χ1) is 24.1. The van der Waals surface area contributed by atoms with Gasteiger partial charge in [0, 0.05) is 18.5 Å². The lowest BCUT2D eigenvalue weighted by molar-refractivity contribution is -0.605. The van der Waals surface area contributed by atoms with E-state index in [1.807, 2.05) is 30.3 Å². The van der Waals surface area contributed by atoms with Crippen LogP contribution in [0.15, 0.2) is 85.2 Å². The summed E-state index contributed by atoms with van der Waals surface area (Å²) in [6.45, 7) is 2.76.